The van der Waals surface area contributed by atoms with E-state index in [2.05, 4.69) is 0 Å². The standard InChI is InChI=1S/C19H18N2O5S3/c1-13-6-8-15(9-7-13)29(25,26)21-11-2-4-14(21)12-16-18(24)20(19(27)28-16)10-3-5-17(22)23/h2,4,6-9,11-12H,3,5,10H2,1H3,(H,22,23)/b16-12+. The van der Waals surface area contributed by atoms with Gasteiger partial charge in [-0.1, -0.05) is 41.7 Å². The molecule has 0 atom stereocenters. The quantitative estimate of drug-likeness (QED) is 0.511. The summed E-state index contributed by atoms with van der Waals surface area (Å²) in [5, 5.41) is 8.75. The van der Waals surface area contributed by atoms with E-state index in [1.54, 1.807) is 24.3 Å². The lowest BCUT2D eigenvalue weighted by molar-refractivity contribution is -0.137. The van der Waals surface area contributed by atoms with E-state index in [0.29, 0.717) is 14.9 Å². The molecule has 0 bridgehead atoms. The Morgan fingerprint density at radius 1 is 1.24 bits per heavy atom. The Kier molecular flexibility index (Phi) is 6.25. The van der Waals surface area contributed by atoms with E-state index in [1.165, 1.54) is 29.3 Å². The predicted molar refractivity (Wildman–Crippen MR) is 115 cm³/mol. The molecule has 1 N–H and O–H groups in total. The molecule has 2 heterocycles. The van der Waals surface area contributed by atoms with Crippen molar-refractivity contribution in [1.29, 1.82) is 0 Å². The minimum Gasteiger partial charge on any atom is -0.481 e. The Bertz CT molecular complexity index is 1100. The zero-order chi connectivity index (χ0) is 21.2. The van der Waals surface area contributed by atoms with E-state index in [9.17, 15) is 18.0 Å². The van der Waals surface area contributed by atoms with E-state index in [4.69, 9.17) is 17.3 Å². The maximum absolute atomic E-state index is 13.0. The lowest BCUT2D eigenvalue weighted by Gasteiger charge is -2.13. The monoisotopic (exact) mass is 450 g/mol. The van der Waals surface area contributed by atoms with Gasteiger partial charge in [-0.3, -0.25) is 14.5 Å². The molecule has 1 aromatic carbocycles. The van der Waals surface area contributed by atoms with Crippen LogP contribution in [-0.4, -0.2) is 45.1 Å². The second-order valence-electron chi connectivity index (χ2n) is 6.38. The van der Waals surface area contributed by atoms with E-state index in [1.807, 2.05) is 6.92 Å². The molecule has 29 heavy (non-hydrogen) atoms. The van der Waals surface area contributed by atoms with Crippen molar-refractivity contribution in [2.24, 2.45) is 0 Å². The first-order valence-corrected chi connectivity index (χ1v) is 11.3. The van der Waals surface area contributed by atoms with Crippen LogP contribution in [0.3, 0.4) is 0 Å². The fourth-order valence-corrected chi connectivity index (χ4v) is 5.37. The zero-order valence-electron chi connectivity index (χ0n) is 15.4. The molecule has 1 aromatic heterocycles. The topological polar surface area (TPSA) is 96.7 Å². The SMILES string of the molecule is Cc1ccc(S(=O)(=O)n2cccc2/C=C2/SC(=S)N(CCCC(=O)O)C2=O)cc1. The second-order valence-corrected chi connectivity index (χ2v) is 9.87. The largest absolute Gasteiger partial charge is 0.481 e. The number of carbonyl (C=O) groups is 2. The molecule has 10 heteroatoms. The number of benzene rings is 1. The molecule has 3 rings (SSSR count). The van der Waals surface area contributed by atoms with E-state index >= 15 is 0 Å². The third-order valence-electron chi connectivity index (χ3n) is 4.25. The average Bonchev–Trinajstić information content (AvgIpc) is 3.22. The van der Waals surface area contributed by atoms with Crippen molar-refractivity contribution in [3.63, 3.8) is 0 Å². The Balaban J connectivity index is 1.86. The highest BCUT2D eigenvalue weighted by Crippen LogP contribution is 2.33. The minimum atomic E-state index is -3.81. The molecule has 0 spiro atoms. The summed E-state index contributed by atoms with van der Waals surface area (Å²) >= 11 is 6.29. The second kappa shape index (κ2) is 8.52. The number of carboxylic acids is 1. The van der Waals surface area contributed by atoms with Gasteiger partial charge in [-0.15, -0.1) is 0 Å². The first-order chi connectivity index (χ1) is 13.7. The van der Waals surface area contributed by atoms with Gasteiger partial charge in [0, 0.05) is 19.2 Å². The maximum atomic E-state index is 13.0. The smallest absolute Gasteiger partial charge is 0.303 e. The van der Waals surface area contributed by atoms with Crippen molar-refractivity contribution >= 4 is 56.3 Å². The molecule has 0 unspecified atom stereocenters. The summed E-state index contributed by atoms with van der Waals surface area (Å²) in [5.74, 6) is -1.30. The number of rotatable bonds is 7. The van der Waals surface area contributed by atoms with Crippen molar-refractivity contribution in [3.8, 4) is 0 Å². The first kappa shape index (κ1) is 21.3. The van der Waals surface area contributed by atoms with Crippen LogP contribution in [0.1, 0.15) is 24.1 Å². The number of nitrogens with zero attached hydrogens (tertiary/aromatic N) is 2. The molecule has 1 amide bonds. The fraction of sp³-hybridized carbons (Fsp3) is 0.211. The highest BCUT2D eigenvalue weighted by atomic mass is 32.2. The van der Waals surface area contributed by atoms with Crippen LogP contribution in [0.4, 0.5) is 0 Å². The van der Waals surface area contributed by atoms with E-state index < -0.39 is 16.0 Å². The van der Waals surface area contributed by atoms with Crippen molar-refractivity contribution in [2.45, 2.75) is 24.7 Å². The van der Waals surface area contributed by atoms with Gasteiger partial charge in [0.2, 0.25) is 0 Å². The number of amides is 1. The zero-order valence-corrected chi connectivity index (χ0v) is 17.9. The van der Waals surface area contributed by atoms with Gasteiger partial charge in [0.15, 0.2) is 0 Å². The number of thioether (sulfide) groups is 1. The molecule has 0 radical (unpaired) electrons. The van der Waals surface area contributed by atoms with Crippen LogP contribution in [0, 0.1) is 6.92 Å². The molecule has 1 aliphatic heterocycles. The number of hydrogen-bond acceptors (Lipinski definition) is 6. The third kappa shape index (κ3) is 4.60. The number of hydrogen-bond donors (Lipinski definition) is 1. The summed E-state index contributed by atoms with van der Waals surface area (Å²) in [6.45, 7) is 2.08. The maximum Gasteiger partial charge on any atom is 0.303 e. The molecular formula is C19H18N2O5S3. The van der Waals surface area contributed by atoms with Crippen LogP contribution < -0.4 is 0 Å². The number of aromatic nitrogens is 1. The van der Waals surface area contributed by atoms with Crippen molar-refractivity contribution in [1.82, 2.24) is 8.87 Å². The fourth-order valence-electron chi connectivity index (χ4n) is 2.75. The predicted octanol–water partition coefficient (Wildman–Crippen LogP) is 3.10. The van der Waals surface area contributed by atoms with Gasteiger partial charge in [-0.25, -0.2) is 12.4 Å². The lowest BCUT2D eigenvalue weighted by atomic mass is 10.2. The summed E-state index contributed by atoms with van der Waals surface area (Å²) in [6.07, 6.45) is 3.14. The highest BCUT2D eigenvalue weighted by Gasteiger charge is 2.32. The number of carbonyl (C=O) groups excluding carboxylic acids is 1. The minimum absolute atomic E-state index is 0.0618. The number of aliphatic carboxylic acids is 1. The van der Waals surface area contributed by atoms with Gasteiger partial charge in [-0.05, 0) is 43.7 Å². The molecule has 152 valence electrons. The normalized spacial score (nSPS) is 16.0. The summed E-state index contributed by atoms with van der Waals surface area (Å²) in [4.78, 5) is 25.1. The summed E-state index contributed by atoms with van der Waals surface area (Å²) < 4.78 is 27.4. The van der Waals surface area contributed by atoms with Crippen LogP contribution >= 0.6 is 24.0 Å². The van der Waals surface area contributed by atoms with Gasteiger partial charge in [0.05, 0.1) is 15.5 Å². The molecule has 1 aliphatic rings. The number of thiocarbonyl (C=S) groups is 1. The Labute approximate surface area is 178 Å². The Morgan fingerprint density at radius 2 is 1.93 bits per heavy atom. The van der Waals surface area contributed by atoms with Gasteiger partial charge in [0.1, 0.15) is 4.32 Å². The van der Waals surface area contributed by atoms with E-state index in [0.717, 1.165) is 21.3 Å². The molecular weight excluding hydrogens is 432 g/mol. The third-order valence-corrected chi connectivity index (χ3v) is 7.34. The molecule has 0 aliphatic carbocycles. The number of carboxylic acid groups (broad SMARTS) is 1. The number of aryl methyl sites for hydroxylation is 1. The molecule has 1 saturated heterocycles. The van der Waals surface area contributed by atoms with Gasteiger partial charge < -0.3 is 5.11 Å². The van der Waals surface area contributed by atoms with Gasteiger partial charge >= 0.3 is 5.97 Å². The highest BCUT2D eigenvalue weighted by molar-refractivity contribution is 8.26. The summed E-state index contributed by atoms with van der Waals surface area (Å²) in [5.41, 5.74) is 1.28. The van der Waals surface area contributed by atoms with Crippen LogP contribution in [-0.2, 0) is 19.6 Å². The summed E-state index contributed by atoms with van der Waals surface area (Å²) in [7, 11) is -3.81. The Hall–Kier alpha value is -2.43. The molecule has 1 fully saturated rings. The first-order valence-electron chi connectivity index (χ1n) is 8.67. The van der Waals surface area contributed by atoms with Crippen LogP contribution in [0.2, 0.25) is 0 Å². The van der Waals surface area contributed by atoms with Gasteiger partial charge in [0.25, 0.3) is 15.9 Å². The van der Waals surface area contributed by atoms with Crippen LogP contribution in [0.15, 0.2) is 52.4 Å². The van der Waals surface area contributed by atoms with Crippen molar-refractivity contribution in [2.75, 3.05) is 6.54 Å². The molecule has 2 aromatic rings. The molecule has 0 saturated carbocycles. The van der Waals surface area contributed by atoms with Crippen molar-refractivity contribution < 1.29 is 23.1 Å². The van der Waals surface area contributed by atoms with E-state index in [-0.39, 0.29) is 30.2 Å². The lowest BCUT2D eigenvalue weighted by Crippen LogP contribution is -2.29. The average molecular weight is 451 g/mol. The van der Waals surface area contributed by atoms with Crippen molar-refractivity contribution in [3.05, 3.63) is 58.8 Å². The molecule has 7 nitrogen and oxygen atoms in total. The summed E-state index contributed by atoms with van der Waals surface area (Å²) in [6, 6.07) is 9.71. The van der Waals surface area contributed by atoms with Crippen LogP contribution in [0.5, 0.6) is 0 Å². The Morgan fingerprint density at radius 3 is 2.59 bits per heavy atom. The van der Waals surface area contributed by atoms with Gasteiger partial charge in [-0.2, -0.15) is 0 Å². The van der Waals surface area contributed by atoms with Crippen LogP contribution in [0.25, 0.3) is 6.08 Å².